The molecule has 0 atom stereocenters. The number of H-pyrrole nitrogens is 1. The Bertz CT molecular complexity index is 941. The first-order chi connectivity index (χ1) is 13.3. The smallest absolute Gasteiger partial charge is 0.260 e. The Labute approximate surface area is 163 Å². The van der Waals surface area contributed by atoms with Crippen molar-refractivity contribution in [2.75, 3.05) is 32.8 Å². The predicted octanol–water partition coefficient (Wildman–Crippen LogP) is 1.47. The third kappa shape index (κ3) is 4.17. The highest BCUT2D eigenvalue weighted by Gasteiger charge is 2.31. The number of carbonyl (C=O) groups is 1. The molecule has 1 aliphatic heterocycles. The summed E-state index contributed by atoms with van der Waals surface area (Å²) in [6, 6.07) is 5.87. The Morgan fingerprint density at radius 3 is 2.64 bits per heavy atom. The fourth-order valence-corrected chi connectivity index (χ4v) is 5.03. The summed E-state index contributed by atoms with van der Waals surface area (Å²) < 4.78 is 46.2. The molecule has 1 amide bonds. The second kappa shape index (κ2) is 8.27. The normalized spacial score (nSPS) is 16.0. The monoisotopic (exact) mass is 410 g/mol. The van der Waals surface area contributed by atoms with Gasteiger partial charge in [0.25, 0.3) is 5.91 Å². The Kier molecular flexibility index (Phi) is 5.99. The van der Waals surface area contributed by atoms with E-state index in [4.69, 9.17) is 4.74 Å². The molecule has 3 rings (SSSR count). The number of rotatable bonds is 5. The van der Waals surface area contributed by atoms with Gasteiger partial charge in [0.05, 0.1) is 11.4 Å². The fourth-order valence-electron chi connectivity index (χ4n) is 3.23. The van der Waals surface area contributed by atoms with E-state index in [0.717, 1.165) is 0 Å². The van der Waals surface area contributed by atoms with Gasteiger partial charge in [0, 0.05) is 26.2 Å². The zero-order valence-electron chi connectivity index (χ0n) is 15.8. The van der Waals surface area contributed by atoms with E-state index < -0.39 is 15.8 Å². The summed E-state index contributed by atoms with van der Waals surface area (Å²) >= 11 is 0. The van der Waals surface area contributed by atoms with Crippen molar-refractivity contribution in [2.24, 2.45) is 0 Å². The van der Waals surface area contributed by atoms with Crippen LogP contribution in [0.15, 0.2) is 29.2 Å². The molecule has 1 fully saturated rings. The van der Waals surface area contributed by atoms with E-state index in [0.29, 0.717) is 30.9 Å². The molecule has 152 valence electrons. The van der Waals surface area contributed by atoms with Gasteiger partial charge in [-0.1, -0.05) is 12.1 Å². The molecule has 1 aliphatic rings. The summed E-state index contributed by atoms with van der Waals surface area (Å²) in [6.07, 6.45) is 0.501. The molecule has 1 saturated heterocycles. The van der Waals surface area contributed by atoms with E-state index >= 15 is 0 Å². The first kappa shape index (κ1) is 20.3. The van der Waals surface area contributed by atoms with Gasteiger partial charge in [0.2, 0.25) is 10.0 Å². The topological polar surface area (TPSA) is 95.6 Å². The summed E-state index contributed by atoms with van der Waals surface area (Å²) in [7, 11) is -3.69. The molecular weight excluding hydrogens is 387 g/mol. The van der Waals surface area contributed by atoms with Crippen LogP contribution < -0.4 is 4.74 Å². The van der Waals surface area contributed by atoms with Crippen LogP contribution in [0.3, 0.4) is 0 Å². The Hall–Kier alpha value is -2.46. The van der Waals surface area contributed by atoms with E-state index in [1.807, 2.05) is 0 Å². The molecule has 1 aromatic heterocycles. The van der Waals surface area contributed by atoms with Gasteiger partial charge in [0.15, 0.2) is 18.2 Å². The van der Waals surface area contributed by atoms with Gasteiger partial charge in [-0.3, -0.25) is 9.89 Å². The first-order valence-corrected chi connectivity index (χ1v) is 10.4. The SMILES string of the molecule is Cc1n[nH]c(C)c1S(=O)(=O)N1CCCN(C(=O)COc2ccccc2F)CC1. The van der Waals surface area contributed by atoms with Gasteiger partial charge in [0.1, 0.15) is 4.90 Å². The van der Waals surface area contributed by atoms with Crippen LogP contribution in [0.25, 0.3) is 0 Å². The number of aromatic nitrogens is 2. The number of nitrogens with zero attached hydrogens (tertiary/aromatic N) is 3. The van der Waals surface area contributed by atoms with Crippen molar-refractivity contribution in [1.82, 2.24) is 19.4 Å². The molecule has 0 saturated carbocycles. The van der Waals surface area contributed by atoms with Crippen LogP contribution in [0.4, 0.5) is 4.39 Å². The maximum atomic E-state index is 13.6. The number of amides is 1. The fraction of sp³-hybridized carbons (Fsp3) is 0.444. The highest BCUT2D eigenvalue weighted by Crippen LogP contribution is 2.23. The van der Waals surface area contributed by atoms with Crippen LogP contribution in [-0.2, 0) is 14.8 Å². The van der Waals surface area contributed by atoms with Crippen molar-refractivity contribution in [3.63, 3.8) is 0 Å². The molecule has 2 aromatic rings. The standard InChI is InChI=1S/C18H23FN4O4S/c1-13-18(14(2)21-20-13)28(25,26)23-9-5-8-22(10-11-23)17(24)12-27-16-7-4-3-6-15(16)19/h3-4,6-7H,5,8-12H2,1-2H3,(H,20,21). The van der Waals surface area contributed by atoms with Crippen molar-refractivity contribution >= 4 is 15.9 Å². The molecule has 2 heterocycles. The number of aromatic amines is 1. The maximum Gasteiger partial charge on any atom is 0.260 e. The summed E-state index contributed by atoms with van der Waals surface area (Å²) in [5.74, 6) is -0.826. The molecule has 0 aliphatic carbocycles. The zero-order valence-corrected chi connectivity index (χ0v) is 16.6. The van der Waals surface area contributed by atoms with E-state index in [1.54, 1.807) is 24.8 Å². The molecule has 28 heavy (non-hydrogen) atoms. The van der Waals surface area contributed by atoms with E-state index in [9.17, 15) is 17.6 Å². The molecule has 0 unspecified atom stereocenters. The quantitative estimate of drug-likeness (QED) is 0.805. The molecule has 10 heteroatoms. The van der Waals surface area contributed by atoms with Gasteiger partial charge in [-0.25, -0.2) is 12.8 Å². The number of hydrogen-bond acceptors (Lipinski definition) is 5. The molecule has 1 N–H and O–H groups in total. The Morgan fingerprint density at radius 2 is 1.96 bits per heavy atom. The summed E-state index contributed by atoms with van der Waals surface area (Å²) in [4.78, 5) is 14.2. The summed E-state index contributed by atoms with van der Waals surface area (Å²) in [6.45, 7) is 4.16. The third-order valence-corrected chi connectivity index (χ3v) is 6.82. The molecule has 8 nitrogen and oxygen atoms in total. The Morgan fingerprint density at radius 1 is 1.21 bits per heavy atom. The number of carbonyl (C=O) groups excluding carboxylic acids is 1. The van der Waals surface area contributed by atoms with Crippen LogP contribution >= 0.6 is 0 Å². The number of halogens is 1. The minimum atomic E-state index is -3.69. The molecule has 0 bridgehead atoms. The molecular formula is C18H23FN4O4S. The highest BCUT2D eigenvalue weighted by atomic mass is 32.2. The van der Waals surface area contributed by atoms with Crippen molar-refractivity contribution in [3.05, 3.63) is 41.5 Å². The maximum absolute atomic E-state index is 13.6. The van der Waals surface area contributed by atoms with Crippen molar-refractivity contribution < 1.29 is 22.3 Å². The van der Waals surface area contributed by atoms with Crippen molar-refractivity contribution in [3.8, 4) is 5.75 Å². The average Bonchev–Trinajstić information content (AvgIpc) is 2.86. The van der Waals surface area contributed by atoms with Gasteiger partial charge in [-0.2, -0.15) is 9.40 Å². The van der Waals surface area contributed by atoms with Crippen LogP contribution in [0.1, 0.15) is 17.8 Å². The lowest BCUT2D eigenvalue weighted by Gasteiger charge is -2.22. The van der Waals surface area contributed by atoms with E-state index in [-0.39, 0.29) is 36.2 Å². The lowest BCUT2D eigenvalue weighted by atomic mass is 10.3. The number of nitrogens with one attached hydrogen (secondary N) is 1. The second-order valence-corrected chi connectivity index (χ2v) is 8.50. The summed E-state index contributed by atoms with van der Waals surface area (Å²) in [5, 5.41) is 6.66. The number of sulfonamides is 1. The third-order valence-electron chi connectivity index (χ3n) is 4.65. The molecule has 1 aromatic carbocycles. The molecule has 0 spiro atoms. The van der Waals surface area contributed by atoms with Crippen LogP contribution in [0.2, 0.25) is 0 Å². The van der Waals surface area contributed by atoms with Gasteiger partial charge >= 0.3 is 0 Å². The van der Waals surface area contributed by atoms with Gasteiger partial charge in [-0.05, 0) is 32.4 Å². The number of hydrogen-bond donors (Lipinski definition) is 1. The average molecular weight is 410 g/mol. The number of ether oxygens (including phenoxy) is 1. The number of para-hydroxylation sites is 1. The van der Waals surface area contributed by atoms with Gasteiger partial charge < -0.3 is 9.64 Å². The van der Waals surface area contributed by atoms with Crippen LogP contribution in [0.5, 0.6) is 5.75 Å². The van der Waals surface area contributed by atoms with E-state index in [1.165, 1.54) is 22.5 Å². The number of benzene rings is 1. The lowest BCUT2D eigenvalue weighted by molar-refractivity contribution is -0.133. The van der Waals surface area contributed by atoms with Crippen molar-refractivity contribution in [1.29, 1.82) is 0 Å². The highest BCUT2D eigenvalue weighted by molar-refractivity contribution is 7.89. The zero-order chi connectivity index (χ0) is 20.3. The summed E-state index contributed by atoms with van der Waals surface area (Å²) in [5.41, 5.74) is 0.918. The number of aryl methyl sites for hydroxylation is 2. The first-order valence-electron chi connectivity index (χ1n) is 8.97. The largest absolute Gasteiger partial charge is 0.481 e. The van der Waals surface area contributed by atoms with Crippen molar-refractivity contribution in [2.45, 2.75) is 25.2 Å². The van der Waals surface area contributed by atoms with Crippen LogP contribution in [0, 0.1) is 19.7 Å². The second-order valence-electron chi connectivity index (χ2n) is 6.62. The minimum absolute atomic E-state index is 0.0146. The molecule has 0 radical (unpaired) electrons. The van der Waals surface area contributed by atoms with Crippen LogP contribution in [-0.4, -0.2) is 66.5 Å². The van der Waals surface area contributed by atoms with Gasteiger partial charge in [-0.15, -0.1) is 0 Å². The minimum Gasteiger partial charge on any atom is -0.481 e. The Balaban J connectivity index is 1.63. The van der Waals surface area contributed by atoms with E-state index in [2.05, 4.69) is 10.2 Å². The predicted molar refractivity (Wildman–Crippen MR) is 99.9 cm³/mol. The lowest BCUT2D eigenvalue weighted by Crippen LogP contribution is -2.39.